The Morgan fingerprint density at radius 1 is 1.25 bits per heavy atom. The van der Waals surface area contributed by atoms with Crippen LogP contribution in [0.1, 0.15) is 0 Å². The molecule has 0 aliphatic heterocycles. The van der Waals surface area contributed by atoms with E-state index in [-0.39, 0.29) is 51.6 Å². The number of hydrogen-bond donors (Lipinski definition) is 0. The molecule has 0 heterocycles. The molecule has 0 saturated heterocycles. The average Bonchev–Trinajstić information content (AvgIpc) is 1.00. The van der Waals surface area contributed by atoms with Crippen LogP contribution in [0.3, 0.4) is 0 Å². The van der Waals surface area contributed by atoms with Gasteiger partial charge in [-0.2, -0.15) is 0 Å². The topological polar surface area (TPSA) is 0 Å². The molecule has 0 atom stereocenters. The summed E-state index contributed by atoms with van der Waals surface area (Å²) in [5, 5.41) is 0. The summed E-state index contributed by atoms with van der Waals surface area (Å²) < 4.78 is 0. The zero-order valence-corrected chi connectivity index (χ0v) is 10.4. The Labute approximate surface area is 84.9 Å². The zero-order valence-electron chi connectivity index (χ0n) is 1.53. The summed E-state index contributed by atoms with van der Waals surface area (Å²) in [6.45, 7) is 0. The SMILES string of the molecule is [Br][Tl].[LiH].[Y]. The van der Waals surface area contributed by atoms with Crippen LogP contribution in [-0.4, -0.2) is 42.2 Å². The summed E-state index contributed by atoms with van der Waals surface area (Å²) in [6.07, 6.45) is 0. The smallest absolute Gasteiger partial charge is 0 e. The predicted molar refractivity (Wildman–Crippen MR) is 21.8 cm³/mol. The summed E-state index contributed by atoms with van der Waals surface area (Å²) >= 11 is 4.08. The van der Waals surface area contributed by atoms with E-state index in [0.29, 0.717) is 0 Å². The van der Waals surface area contributed by atoms with Crippen molar-refractivity contribution in [2.45, 2.75) is 0 Å². The zero-order chi connectivity index (χ0) is 2.00. The van der Waals surface area contributed by atoms with E-state index >= 15 is 0 Å². The normalized spacial score (nSPS) is 1.00. The minimum absolute atomic E-state index is 0. The molecule has 0 unspecified atom stereocenters. The van der Waals surface area contributed by atoms with Gasteiger partial charge < -0.3 is 0 Å². The van der Waals surface area contributed by atoms with E-state index in [1.807, 2.05) is 0 Å². The summed E-state index contributed by atoms with van der Waals surface area (Å²) in [6, 6.07) is 0. The van der Waals surface area contributed by atoms with Crippen LogP contribution in [-0.2, 0) is 32.7 Å². The van der Waals surface area contributed by atoms with Gasteiger partial charge in [-0.15, -0.1) is 0 Å². The molecule has 0 rings (SSSR count). The van der Waals surface area contributed by atoms with Crippen LogP contribution >= 0.6 is 12.0 Å². The molecule has 0 aliphatic rings. The van der Waals surface area contributed by atoms with Gasteiger partial charge in [-0.25, -0.2) is 0 Å². The van der Waals surface area contributed by atoms with Gasteiger partial charge in [0.1, 0.15) is 0 Å². The van der Waals surface area contributed by atoms with E-state index in [9.17, 15) is 0 Å². The minimum atomic E-state index is 0. The molecule has 0 aromatic carbocycles. The van der Waals surface area contributed by atoms with E-state index in [4.69, 9.17) is 0 Å². The van der Waals surface area contributed by atoms with Crippen molar-refractivity contribution in [3.63, 3.8) is 0 Å². The molecule has 1 radical (unpaired) electrons. The Morgan fingerprint density at radius 2 is 1.25 bits per heavy atom. The van der Waals surface area contributed by atoms with Gasteiger partial charge in [0.05, 0.1) is 0 Å². The molecule has 0 aromatic heterocycles. The van der Waals surface area contributed by atoms with Gasteiger partial charge in [0.15, 0.2) is 0 Å². The van der Waals surface area contributed by atoms with Gasteiger partial charge in [0.2, 0.25) is 0 Å². The molecule has 0 nitrogen and oxygen atoms in total. The summed E-state index contributed by atoms with van der Waals surface area (Å²) in [5.74, 6) is 0. The van der Waals surface area contributed by atoms with Gasteiger partial charge in [-0.05, 0) is 0 Å². The van der Waals surface area contributed by atoms with Crippen LogP contribution < -0.4 is 0 Å². The molecule has 0 fully saturated rings. The van der Waals surface area contributed by atoms with Crippen molar-refractivity contribution in [2.75, 3.05) is 0 Å². The average molecular weight is 381 g/mol. The summed E-state index contributed by atoms with van der Waals surface area (Å²) in [5.41, 5.74) is 0. The molecule has 0 amide bonds. The van der Waals surface area contributed by atoms with Crippen LogP contribution in [0.5, 0.6) is 0 Å². The second kappa shape index (κ2) is 16.5. The first kappa shape index (κ1) is 15.7. The van der Waals surface area contributed by atoms with E-state index in [2.05, 4.69) is 12.0 Å². The van der Waals surface area contributed by atoms with Crippen LogP contribution in [0.4, 0.5) is 0 Å². The van der Waals surface area contributed by atoms with Gasteiger partial charge in [0, 0.05) is 32.7 Å². The van der Waals surface area contributed by atoms with Crippen molar-refractivity contribution in [2.24, 2.45) is 0 Å². The Kier molecular flexibility index (Phi) is 64.8. The standard InChI is InChI=1S/BrH.Li.Tl.Y.H/h1H;;;;/q;;+1;;/p-1. The molecular weight excluding hydrogens is 380 g/mol. The van der Waals surface area contributed by atoms with E-state index in [1.54, 1.807) is 0 Å². The molecule has 0 bridgehead atoms. The molecule has 4 heavy (non-hydrogen) atoms. The Hall–Kier alpha value is 3.10. The van der Waals surface area contributed by atoms with Crippen LogP contribution in [0.2, 0.25) is 0 Å². The fourth-order valence-corrected chi connectivity index (χ4v) is 0. The largest absolute Gasteiger partial charge is 0 e. The maximum Gasteiger partial charge on any atom is 0 e. The van der Waals surface area contributed by atoms with Gasteiger partial charge in [-0.3, -0.25) is 0 Å². The van der Waals surface area contributed by atoms with Crippen molar-refractivity contribution in [1.82, 2.24) is 0 Å². The minimum Gasteiger partial charge on any atom is 0 e. The first-order valence-corrected chi connectivity index (χ1v) is 9.95. The number of rotatable bonds is 0. The van der Waals surface area contributed by atoms with Gasteiger partial charge in [0.25, 0.3) is 0 Å². The number of hydrogen-bond acceptors (Lipinski definition) is 0. The fourth-order valence-electron chi connectivity index (χ4n) is 0. The predicted octanol–water partition coefficient (Wildman–Crippen LogP) is -0.186. The van der Waals surface area contributed by atoms with Crippen molar-refractivity contribution in [3.8, 4) is 0 Å². The first-order chi connectivity index (χ1) is 1.00. The van der Waals surface area contributed by atoms with Crippen LogP contribution in [0.15, 0.2) is 0 Å². The van der Waals surface area contributed by atoms with E-state index in [1.165, 1.54) is 0 Å². The van der Waals surface area contributed by atoms with Crippen molar-refractivity contribution in [3.05, 3.63) is 0 Å². The maximum absolute atomic E-state index is 3.10. The Balaban J connectivity index is -0.00000000500. The monoisotopic (exact) mass is 381 g/mol. The molecule has 0 saturated carbocycles. The maximum atomic E-state index is 3.10. The summed E-state index contributed by atoms with van der Waals surface area (Å²) in [4.78, 5) is 0. The molecule has 15 valence electrons. The molecule has 0 N–H and O–H groups in total. The van der Waals surface area contributed by atoms with E-state index in [0.717, 1.165) is 23.4 Å². The Bertz CT molecular complexity index is 8.00. The number of halogens is 1. The van der Waals surface area contributed by atoms with Crippen molar-refractivity contribution >= 4 is 54.2 Å². The van der Waals surface area contributed by atoms with Gasteiger partial charge >= 0.3 is 54.2 Å². The van der Waals surface area contributed by atoms with Crippen LogP contribution in [0.25, 0.3) is 0 Å². The van der Waals surface area contributed by atoms with Crippen molar-refractivity contribution in [1.29, 1.82) is 0 Å². The molecule has 4 heteroatoms. The molecule has 0 aromatic rings. The molecular formula is HBrLiTlY. The first-order valence-electron chi connectivity index (χ1n) is 0.218. The van der Waals surface area contributed by atoms with Crippen LogP contribution in [0, 0.1) is 0 Å². The van der Waals surface area contributed by atoms with Crippen molar-refractivity contribution < 1.29 is 32.7 Å². The third-order valence-corrected chi connectivity index (χ3v) is 0. The Morgan fingerprint density at radius 3 is 1.25 bits per heavy atom. The molecule has 0 aliphatic carbocycles. The molecule has 0 spiro atoms. The van der Waals surface area contributed by atoms with Gasteiger partial charge in [-0.1, -0.05) is 0 Å². The third kappa shape index (κ3) is 8.92. The second-order valence-electron chi connectivity index (χ2n) is 0. The van der Waals surface area contributed by atoms with E-state index < -0.39 is 0 Å². The third-order valence-electron chi connectivity index (χ3n) is 0. The summed E-state index contributed by atoms with van der Waals surface area (Å²) in [7, 11) is 0. The fraction of sp³-hybridized carbons (Fsp3) is 0. The second-order valence-corrected chi connectivity index (χ2v) is 0. The quantitative estimate of drug-likeness (QED) is 0.511.